The van der Waals surface area contributed by atoms with Crippen molar-refractivity contribution in [1.82, 2.24) is 5.43 Å². The first-order valence-electron chi connectivity index (χ1n) is 9.28. The van der Waals surface area contributed by atoms with Crippen LogP contribution in [0.15, 0.2) is 65.8 Å². The fraction of sp³-hybridized carbons (Fsp3) is 0.0870. The summed E-state index contributed by atoms with van der Waals surface area (Å²) < 4.78 is 15.7. The Morgan fingerprint density at radius 2 is 1.72 bits per heavy atom. The highest BCUT2D eigenvalue weighted by Crippen LogP contribution is 2.29. The summed E-state index contributed by atoms with van der Waals surface area (Å²) in [6, 6.07) is 15.5. The average Bonchev–Trinajstić information content (AvgIpc) is 2.80. The van der Waals surface area contributed by atoms with Crippen LogP contribution in [0.5, 0.6) is 23.0 Å². The molecule has 0 bridgehead atoms. The zero-order chi connectivity index (χ0) is 23.1. The van der Waals surface area contributed by atoms with Crippen LogP contribution in [0.3, 0.4) is 0 Å². The summed E-state index contributed by atoms with van der Waals surface area (Å²) in [6.45, 7) is 0. The molecule has 0 fully saturated rings. The molecule has 0 aliphatic carbocycles. The first-order chi connectivity index (χ1) is 15.4. The molecule has 0 aliphatic heterocycles. The van der Waals surface area contributed by atoms with E-state index >= 15 is 0 Å². The highest BCUT2D eigenvalue weighted by atomic mass is 35.5. The minimum absolute atomic E-state index is 0.0741. The minimum atomic E-state index is -0.619. The van der Waals surface area contributed by atoms with Crippen LogP contribution in [0, 0.1) is 0 Å². The number of carbonyl (C=O) groups excluding carboxylic acids is 2. The van der Waals surface area contributed by atoms with Gasteiger partial charge >= 0.3 is 5.97 Å². The smallest absolute Gasteiger partial charge is 0.345 e. The van der Waals surface area contributed by atoms with Gasteiger partial charge in [0.15, 0.2) is 23.0 Å². The Bertz CT molecular complexity index is 1180. The lowest BCUT2D eigenvalue weighted by Gasteiger charge is -2.10. The number of aromatic hydroxyl groups is 1. The van der Waals surface area contributed by atoms with Crippen LogP contribution < -0.4 is 19.6 Å². The number of ether oxygens (including phenoxy) is 3. The lowest BCUT2D eigenvalue weighted by atomic mass is 10.2. The number of halogens is 1. The average molecular weight is 455 g/mol. The second-order valence-corrected chi connectivity index (χ2v) is 6.77. The number of phenols is 1. The molecule has 164 valence electrons. The summed E-state index contributed by atoms with van der Waals surface area (Å²) in [5, 5.41) is 13.8. The van der Waals surface area contributed by atoms with Crippen molar-refractivity contribution >= 4 is 29.7 Å². The van der Waals surface area contributed by atoms with E-state index in [-0.39, 0.29) is 33.4 Å². The molecule has 0 atom stereocenters. The molecule has 0 saturated heterocycles. The van der Waals surface area contributed by atoms with Gasteiger partial charge in [-0.15, -0.1) is 0 Å². The van der Waals surface area contributed by atoms with Crippen molar-refractivity contribution in [2.24, 2.45) is 5.10 Å². The molecule has 0 saturated carbocycles. The third kappa shape index (κ3) is 5.35. The van der Waals surface area contributed by atoms with Crippen molar-refractivity contribution in [1.29, 1.82) is 0 Å². The fourth-order valence-electron chi connectivity index (χ4n) is 2.68. The molecule has 0 aliphatic rings. The fourth-order valence-corrected chi connectivity index (χ4v) is 2.89. The summed E-state index contributed by atoms with van der Waals surface area (Å²) in [5.41, 5.74) is 3.46. The molecule has 0 heterocycles. The first-order valence-corrected chi connectivity index (χ1v) is 9.66. The minimum Gasteiger partial charge on any atom is -0.504 e. The van der Waals surface area contributed by atoms with E-state index in [4.69, 9.17) is 25.8 Å². The zero-order valence-corrected chi connectivity index (χ0v) is 17.9. The van der Waals surface area contributed by atoms with Crippen molar-refractivity contribution in [2.75, 3.05) is 14.2 Å². The van der Waals surface area contributed by atoms with E-state index in [1.54, 1.807) is 42.5 Å². The zero-order valence-electron chi connectivity index (χ0n) is 17.2. The Labute approximate surface area is 189 Å². The summed E-state index contributed by atoms with van der Waals surface area (Å²) in [5.74, 6) is -0.509. The predicted molar refractivity (Wildman–Crippen MR) is 119 cm³/mol. The lowest BCUT2D eigenvalue weighted by Crippen LogP contribution is -2.17. The second kappa shape index (κ2) is 10.3. The SMILES string of the molecule is COc1cc(C(=O)NN=Cc2ccc(OC(=O)c3ccccc3Cl)c(OC)c2)ccc1O. The maximum absolute atomic E-state index is 12.4. The number of rotatable bonds is 7. The Morgan fingerprint density at radius 3 is 2.44 bits per heavy atom. The summed E-state index contributed by atoms with van der Waals surface area (Å²) >= 11 is 6.03. The van der Waals surface area contributed by atoms with Crippen LogP contribution in [0.1, 0.15) is 26.3 Å². The maximum atomic E-state index is 12.4. The number of hydrogen-bond donors (Lipinski definition) is 2. The molecule has 3 rings (SSSR count). The van der Waals surface area contributed by atoms with Crippen LogP contribution in [0.2, 0.25) is 5.02 Å². The van der Waals surface area contributed by atoms with E-state index in [0.717, 1.165) is 0 Å². The molecule has 0 radical (unpaired) electrons. The third-order valence-corrected chi connectivity index (χ3v) is 4.64. The monoisotopic (exact) mass is 454 g/mol. The molecule has 0 unspecified atom stereocenters. The Kier molecular flexibility index (Phi) is 7.30. The number of carbonyl (C=O) groups is 2. The van der Waals surface area contributed by atoms with Crippen LogP contribution in [-0.2, 0) is 0 Å². The largest absolute Gasteiger partial charge is 0.504 e. The predicted octanol–water partition coefficient (Wildman–Crippen LogP) is 4.05. The Morgan fingerprint density at radius 1 is 0.969 bits per heavy atom. The molecule has 0 aromatic heterocycles. The number of hydrogen-bond acceptors (Lipinski definition) is 7. The van der Waals surface area contributed by atoms with E-state index in [1.165, 1.54) is 38.6 Å². The highest BCUT2D eigenvalue weighted by Gasteiger charge is 2.15. The van der Waals surface area contributed by atoms with Crippen molar-refractivity contribution < 1.29 is 28.9 Å². The topological polar surface area (TPSA) is 106 Å². The van der Waals surface area contributed by atoms with E-state index in [1.807, 2.05) is 0 Å². The number of amides is 1. The van der Waals surface area contributed by atoms with Gasteiger partial charge in [-0.3, -0.25) is 4.79 Å². The molecule has 3 aromatic rings. The number of benzene rings is 3. The van der Waals surface area contributed by atoms with Gasteiger partial charge in [0.25, 0.3) is 5.91 Å². The van der Waals surface area contributed by atoms with E-state index in [9.17, 15) is 14.7 Å². The van der Waals surface area contributed by atoms with Crippen molar-refractivity contribution in [2.45, 2.75) is 0 Å². The van der Waals surface area contributed by atoms with Gasteiger partial charge in [-0.1, -0.05) is 23.7 Å². The number of phenolic OH excluding ortho intramolecular Hbond substituents is 1. The van der Waals surface area contributed by atoms with Gasteiger partial charge in [-0.05, 0) is 54.1 Å². The molecule has 3 aromatic carbocycles. The molecular weight excluding hydrogens is 436 g/mol. The van der Waals surface area contributed by atoms with E-state index in [2.05, 4.69) is 10.5 Å². The van der Waals surface area contributed by atoms with E-state index in [0.29, 0.717) is 11.3 Å². The number of esters is 1. The number of hydrazone groups is 1. The van der Waals surface area contributed by atoms with Gasteiger partial charge in [0.2, 0.25) is 0 Å². The number of nitrogens with zero attached hydrogens (tertiary/aromatic N) is 1. The third-order valence-electron chi connectivity index (χ3n) is 4.31. The van der Waals surface area contributed by atoms with Crippen LogP contribution >= 0.6 is 11.6 Å². The van der Waals surface area contributed by atoms with Crippen LogP contribution in [-0.4, -0.2) is 37.4 Å². The van der Waals surface area contributed by atoms with Crippen molar-refractivity contribution in [3.63, 3.8) is 0 Å². The molecule has 1 amide bonds. The van der Waals surface area contributed by atoms with Gasteiger partial charge in [-0.2, -0.15) is 5.10 Å². The Balaban J connectivity index is 1.69. The van der Waals surface area contributed by atoms with E-state index < -0.39 is 11.9 Å². The molecule has 9 heteroatoms. The molecule has 8 nitrogen and oxygen atoms in total. The number of nitrogens with one attached hydrogen (secondary N) is 1. The second-order valence-electron chi connectivity index (χ2n) is 6.37. The quantitative estimate of drug-likeness (QED) is 0.241. The molecule has 0 spiro atoms. The van der Waals surface area contributed by atoms with Gasteiger partial charge in [0.05, 0.1) is 31.0 Å². The normalized spacial score (nSPS) is 10.6. The number of methoxy groups -OCH3 is 2. The lowest BCUT2D eigenvalue weighted by molar-refractivity contribution is 0.0729. The molecular formula is C23H19ClN2O6. The first kappa shape index (κ1) is 22.6. The highest BCUT2D eigenvalue weighted by molar-refractivity contribution is 6.33. The Hall–Kier alpha value is -4.04. The van der Waals surface area contributed by atoms with Gasteiger partial charge in [0.1, 0.15) is 0 Å². The van der Waals surface area contributed by atoms with Crippen molar-refractivity contribution in [3.05, 3.63) is 82.4 Å². The molecule has 32 heavy (non-hydrogen) atoms. The van der Waals surface area contributed by atoms with Gasteiger partial charge in [0, 0.05) is 5.56 Å². The van der Waals surface area contributed by atoms with Gasteiger partial charge in [-0.25, -0.2) is 10.2 Å². The summed E-state index contributed by atoms with van der Waals surface area (Å²) in [6.07, 6.45) is 1.40. The molecule has 2 N–H and O–H groups in total. The van der Waals surface area contributed by atoms with Crippen molar-refractivity contribution in [3.8, 4) is 23.0 Å². The summed E-state index contributed by atoms with van der Waals surface area (Å²) in [4.78, 5) is 24.6. The van der Waals surface area contributed by atoms with Crippen LogP contribution in [0.25, 0.3) is 0 Å². The van der Waals surface area contributed by atoms with Crippen LogP contribution in [0.4, 0.5) is 0 Å². The summed E-state index contributed by atoms with van der Waals surface area (Å²) in [7, 11) is 2.82. The standard InChI is InChI=1S/C23H19ClN2O6/c1-30-20-12-15(8-9-18(20)27)22(28)26-25-13-14-7-10-19(21(11-14)31-2)32-23(29)16-5-3-4-6-17(16)24/h3-13,27H,1-2H3,(H,26,28). The van der Waals surface area contributed by atoms with Gasteiger partial charge < -0.3 is 19.3 Å². The maximum Gasteiger partial charge on any atom is 0.345 e.